The second-order valence-corrected chi connectivity index (χ2v) is 2.72. The Balaban J connectivity index is 4.28. The van der Waals surface area contributed by atoms with Gasteiger partial charge in [-0.1, -0.05) is 12.2 Å². The SMILES string of the molecule is C=C(C)OC(=O)C(C)=C(C)C. The highest BCUT2D eigenvalue weighted by Gasteiger charge is 2.06. The molecule has 2 nitrogen and oxygen atoms in total. The van der Waals surface area contributed by atoms with Crippen LogP contribution in [0.4, 0.5) is 0 Å². The first-order valence-corrected chi connectivity index (χ1v) is 3.47. The van der Waals surface area contributed by atoms with Crippen molar-refractivity contribution in [2.24, 2.45) is 0 Å². The predicted octanol–water partition coefficient (Wildman–Crippen LogP) is 2.42. The lowest BCUT2D eigenvalue weighted by atomic mass is 10.2. The Labute approximate surface area is 67.6 Å². The lowest BCUT2D eigenvalue weighted by molar-refractivity contribution is -0.134. The topological polar surface area (TPSA) is 26.3 Å². The van der Waals surface area contributed by atoms with Gasteiger partial charge in [0.25, 0.3) is 0 Å². The Bertz CT molecular complexity index is 208. The summed E-state index contributed by atoms with van der Waals surface area (Å²) in [6.07, 6.45) is 0. The van der Waals surface area contributed by atoms with Gasteiger partial charge in [-0.05, 0) is 27.7 Å². The first-order chi connectivity index (χ1) is 4.95. The van der Waals surface area contributed by atoms with Gasteiger partial charge in [0.15, 0.2) is 0 Å². The van der Waals surface area contributed by atoms with Crippen molar-refractivity contribution >= 4 is 5.97 Å². The van der Waals surface area contributed by atoms with Crippen LogP contribution in [0.2, 0.25) is 0 Å². The zero-order valence-electron chi connectivity index (χ0n) is 7.52. The van der Waals surface area contributed by atoms with Gasteiger partial charge in [-0.25, -0.2) is 4.79 Å². The Morgan fingerprint density at radius 2 is 1.64 bits per heavy atom. The third kappa shape index (κ3) is 3.61. The van der Waals surface area contributed by atoms with Crippen molar-refractivity contribution in [2.75, 3.05) is 0 Å². The Hall–Kier alpha value is -1.05. The molecular weight excluding hydrogens is 140 g/mol. The lowest BCUT2D eigenvalue weighted by Crippen LogP contribution is -2.04. The van der Waals surface area contributed by atoms with E-state index in [9.17, 15) is 4.79 Å². The highest BCUT2D eigenvalue weighted by Crippen LogP contribution is 2.06. The van der Waals surface area contributed by atoms with Gasteiger partial charge in [0.1, 0.15) is 0 Å². The van der Waals surface area contributed by atoms with Crippen molar-refractivity contribution < 1.29 is 9.53 Å². The van der Waals surface area contributed by atoms with Gasteiger partial charge < -0.3 is 4.74 Å². The van der Waals surface area contributed by atoms with E-state index in [0.29, 0.717) is 11.3 Å². The first kappa shape index (κ1) is 9.95. The van der Waals surface area contributed by atoms with Gasteiger partial charge in [0.05, 0.1) is 5.76 Å². The molecule has 0 spiro atoms. The minimum atomic E-state index is -0.308. The minimum Gasteiger partial charge on any atom is -0.429 e. The van der Waals surface area contributed by atoms with Gasteiger partial charge in [-0.15, -0.1) is 0 Å². The molecule has 0 aliphatic rings. The van der Waals surface area contributed by atoms with E-state index in [0.717, 1.165) is 5.57 Å². The Morgan fingerprint density at radius 1 is 1.18 bits per heavy atom. The third-order valence-corrected chi connectivity index (χ3v) is 1.32. The van der Waals surface area contributed by atoms with Crippen molar-refractivity contribution in [1.29, 1.82) is 0 Å². The Morgan fingerprint density at radius 3 is 1.91 bits per heavy atom. The highest BCUT2D eigenvalue weighted by molar-refractivity contribution is 5.89. The largest absolute Gasteiger partial charge is 0.429 e. The lowest BCUT2D eigenvalue weighted by Gasteiger charge is -2.03. The van der Waals surface area contributed by atoms with Crippen LogP contribution in [0.5, 0.6) is 0 Å². The molecule has 0 fully saturated rings. The van der Waals surface area contributed by atoms with E-state index in [1.807, 2.05) is 13.8 Å². The minimum absolute atomic E-state index is 0.308. The van der Waals surface area contributed by atoms with Gasteiger partial charge in [-0.2, -0.15) is 0 Å². The molecular formula is C9H14O2. The van der Waals surface area contributed by atoms with Crippen molar-refractivity contribution in [3.8, 4) is 0 Å². The molecule has 0 aliphatic heterocycles. The molecule has 0 N–H and O–H groups in total. The van der Waals surface area contributed by atoms with Crippen LogP contribution in [-0.2, 0) is 9.53 Å². The monoisotopic (exact) mass is 154 g/mol. The molecule has 0 aromatic rings. The molecule has 0 bridgehead atoms. The standard InChI is InChI=1S/C9H14O2/c1-6(2)8(5)9(10)11-7(3)4/h3H2,1-2,4-5H3. The molecule has 2 heteroatoms. The summed E-state index contributed by atoms with van der Waals surface area (Å²) in [4.78, 5) is 11.1. The summed E-state index contributed by atoms with van der Waals surface area (Å²) < 4.78 is 4.78. The van der Waals surface area contributed by atoms with Crippen molar-refractivity contribution in [3.05, 3.63) is 23.5 Å². The molecule has 0 saturated heterocycles. The molecule has 0 amide bonds. The van der Waals surface area contributed by atoms with Crippen molar-refractivity contribution in [2.45, 2.75) is 27.7 Å². The maximum atomic E-state index is 11.1. The normalized spacial score (nSPS) is 8.73. The van der Waals surface area contributed by atoms with Crippen LogP contribution in [0.25, 0.3) is 0 Å². The number of ether oxygens (including phenoxy) is 1. The van der Waals surface area contributed by atoms with Crippen LogP contribution in [0, 0.1) is 0 Å². The van der Waals surface area contributed by atoms with E-state index in [1.54, 1.807) is 13.8 Å². The van der Waals surface area contributed by atoms with E-state index < -0.39 is 0 Å². The van der Waals surface area contributed by atoms with Crippen LogP contribution < -0.4 is 0 Å². The first-order valence-electron chi connectivity index (χ1n) is 3.47. The second kappa shape index (κ2) is 3.96. The average Bonchev–Trinajstić information content (AvgIpc) is 1.84. The van der Waals surface area contributed by atoms with E-state index in [-0.39, 0.29) is 5.97 Å². The number of hydrogen-bond donors (Lipinski definition) is 0. The molecule has 0 aromatic heterocycles. The van der Waals surface area contributed by atoms with Crippen LogP contribution >= 0.6 is 0 Å². The molecule has 62 valence electrons. The zero-order chi connectivity index (χ0) is 9.02. The Kier molecular flexibility index (Phi) is 3.58. The molecule has 11 heavy (non-hydrogen) atoms. The maximum absolute atomic E-state index is 11.1. The van der Waals surface area contributed by atoms with Gasteiger partial charge in [-0.3, -0.25) is 0 Å². The number of hydrogen-bond acceptors (Lipinski definition) is 2. The zero-order valence-corrected chi connectivity index (χ0v) is 7.52. The van der Waals surface area contributed by atoms with Crippen LogP contribution in [-0.4, -0.2) is 5.97 Å². The summed E-state index contributed by atoms with van der Waals surface area (Å²) in [5, 5.41) is 0. The van der Waals surface area contributed by atoms with Gasteiger partial charge in [0, 0.05) is 5.57 Å². The molecule has 0 unspecified atom stereocenters. The fraction of sp³-hybridized carbons (Fsp3) is 0.444. The summed E-state index contributed by atoms with van der Waals surface area (Å²) in [6.45, 7) is 10.6. The quantitative estimate of drug-likeness (QED) is 0.347. The molecule has 0 radical (unpaired) electrons. The second-order valence-electron chi connectivity index (χ2n) is 2.72. The average molecular weight is 154 g/mol. The van der Waals surface area contributed by atoms with Gasteiger partial charge in [0.2, 0.25) is 0 Å². The molecule has 0 aromatic carbocycles. The van der Waals surface area contributed by atoms with Crippen LogP contribution in [0.15, 0.2) is 23.5 Å². The van der Waals surface area contributed by atoms with Crippen LogP contribution in [0.3, 0.4) is 0 Å². The third-order valence-electron chi connectivity index (χ3n) is 1.32. The summed E-state index contributed by atoms with van der Waals surface area (Å²) >= 11 is 0. The number of carbonyl (C=O) groups is 1. The summed E-state index contributed by atoms with van der Waals surface area (Å²) in [6, 6.07) is 0. The van der Waals surface area contributed by atoms with Crippen molar-refractivity contribution in [3.63, 3.8) is 0 Å². The predicted molar refractivity (Wildman–Crippen MR) is 45.0 cm³/mol. The summed E-state index contributed by atoms with van der Waals surface area (Å²) in [7, 11) is 0. The van der Waals surface area contributed by atoms with Gasteiger partial charge >= 0.3 is 5.97 Å². The summed E-state index contributed by atoms with van der Waals surface area (Å²) in [5.74, 6) is 0.119. The van der Waals surface area contributed by atoms with E-state index >= 15 is 0 Å². The molecule has 0 atom stereocenters. The summed E-state index contributed by atoms with van der Waals surface area (Å²) in [5.41, 5.74) is 1.62. The maximum Gasteiger partial charge on any atom is 0.338 e. The number of esters is 1. The fourth-order valence-electron chi connectivity index (χ4n) is 0.439. The molecule has 0 rings (SSSR count). The molecule has 0 heterocycles. The number of rotatable bonds is 2. The molecule has 0 saturated carbocycles. The van der Waals surface area contributed by atoms with E-state index in [2.05, 4.69) is 6.58 Å². The molecule has 0 aliphatic carbocycles. The van der Waals surface area contributed by atoms with Crippen LogP contribution in [0.1, 0.15) is 27.7 Å². The van der Waals surface area contributed by atoms with E-state index in [4.69, 9.17) is 4.74 Å². The van der Waals surface area contributed by atoms with Crippen molar-refractivity contribution in [1.82, 2.24) is 0 Å². The highest BCUT2D eigenvalue weighted by atomic mass is 16.5. The smallest absolute Gasteiger partial charge is 0.338 e. The van der Waals surface area contributed by atoms with E-state index in [1.165, 1.54) is 0 Å². The number of allylic oxidation sites excluding steroid dienone is 2. The number of carbonyl (C=O) groups excluding carboxylic acids is 1. The fourth-order valence-corrected chi connectivity index (χ4v) is 0.439.